The number of benzene rings is 2. The van der Waals surface area contributed by atoms with Gasteiger partial charge in [-0.3, -0.25) is 4.79 Å². The smallest absolute Gasteiger partial charge is 0.254 e. The van der Waals surface area contributed by atoms with Gasteiger partial charge in [-0.05, 0) is 47.9 Å². The number of carbonyl (C=O) groups is 1. The van der Waals surface area contributed by atoms with Crippen molar-refractivity contribution in [2.24, 2.45) is 5.92 Å². The van der Waals surface area contributed by atoms with Crippen molar-refractivity contribution in [1.29, 1.82) is 0 Å². The maximum Gasteiger partial charge on any atom is 0.254 e. The highest BCUT2D eigenvalue weighted by molar-refractivity contribution is 7.99. The lowest BCUT2D eigenvalue weighted by Crippen LogP contribution is -2.32. The van der Waals surface area contributed by atoms with Crippen molar-refractivity contribution in [2.45, 2.75) is 36.2 Å². The molecule has 1 unspecified atom stereocenters. The van der Waals surface area contributed by atoms with E-state index < -0.39 is 0 Å². The van der Waals surface area contributed by atoms with Gasteiger partial charge in [0.2, 0.25) is 0 Å². The zero-order chi connectivity index (χ0) is 22.5. The Balaban J connectivity index is 1.58. The maximum absolute atomic E-state index is 13.3. The van der Waals surface area contributed by atoms with Crippen molar-refractivity contribution in [3.8, 4) is 11.5 Å². The third kappa shape index (κ3) is 5.19. The van der Waals surface area contributed by atoms with Gasteiger partial charge in [-0.25, -0.2) is 4.98 Å². The lowest BCUT2D eigenvalue weighted by Gasteiger charge is -2.24. The van der Waals surface area contributed by atoms with E-state index in [1.807, 2.05) is 42.5 Å². The molecule has 0 fully saturated rings. The highest BCUT2D eigenvalue weighted by atomic mass is 35.5. The largest absolute Gasteiger partial charge is 0.490 e. The molecule has 0 saturated carbocycles. The third-order valence-electron chi connectivity index (χ3n) is 5.14. The Morgan fingerprint density at radius 3 is 2.62 bits per heavy atom. The minimum atomic E-state index is -0.196. The molecule has 1 aromatic heterocycles. The summed E-state index contributed by atoms with van der Waals surface area (Å²) in [5, 5.41) is 4.43. The van der Waals surface area contributed by atoms with Crippen LogP contribution in [0.15, 0.2) is 70.7 Å². The summed E-state index contributed by atoms with van der Waals surface area (Å²) < 4.78 is 11.6. The average molecular weight is 469 g/mol. The van der Waals surface area contributed by atoms with Crippen LogP contribution in [0.25, 0.3) is 0 Å². The number of halogens is 1. The van der Waals surface area contributed by atoms with Gasteiger partial charge in [0.25, 0.3) is 5.91 Å². The van der Waals surface area contributed by atoms with Gasteiger partial charge in [-0.1, -0.05) is 55.4 Å². The fourth-order valence-electron chi connectivity index (χ4n) is 3.50. The predicted octanol–water partition coefficient (Wildman–Crippen LogP) is 6.17. The summed E-state index contributed by atoms with van der Waals surface area (Å²) in [7, 11) is 0. The first kappa shape index (κ1) is 22.5. The minimum Gasteiger partial charge on any atom is -0.490 e. The Bertz CT molecular complexity index is 1110. The van der Waals surface area contributed by atoms with Gasteiger partial charge in [0, 0.05) is 17.5 Å². The standard InChI is InChI=1S/C25H25ClN2O3S/c1-16(2)23(17-10-11-20-21(15-17)31-14-6-13-30-20)28-24(29)18-7-5-12-27-25(18)32-22-9-4-3-8-19(22)26/h3-5,7-12,15-16,23H,6,13-14H2,1-2H3,(H,28,29). The van der Waals surface area contributed by atoms with Gasteiger partial charge in [0.15, 0.2) is 11.5 Å². The normalized spacial score (nSPS) is 14.0. The van der Waals surface area contributed by atoms with E-state index in [1.165, 1.54) is 11.8 Å². The van der Waals surface area contributed by atoms with Crippen molar-refractivity contribution in [2.75, 3.05) is 13.2 Å². The Morgan fingerprint density at radius 2 is 1.84 bits per heavy atom. The molecule has 32 heavy (non-hydrogen) atoms. The lowest BCUT2D eigenvalue weighted by atomic mass is 9.95. The van der Waals surface area contributed by atoms with Crippen LogP contribution in [0.2, 0.25) is 5.02 Å². The van der Waals surface area contributed by atoms with Crippen molar-refractivity contribution in [3.05, 3.63) is 76.9 Å². The maximum atomic E-state index is 13.3. The summed E-state index contributed by atoms with van der Waals surface area (Å²) in [4.78, 5) is 18.6. The molecule has 0 radical (unpaired) electrons. The van der Waals surface area contributed by atoms with Gasteiger partial charge in [-0.2, -0.15) is 0 Å². The molecule has 1 N–H and O–H groups in total. The fraction of sp³-hybridized carbons (Fsp3) is 0.280. The number of pyridine rings is 1. The molecule has 1 aliphatic rings. The Labute approximate surface area is 197 Å². The van der Waals surface area contributed by atoms with E-state index in [1.54, 1.807) is 18.3 Å². The number of fused-ring (bicyclic) bond motifs is 1. The number of aromatic nitrogens is 1. The number of amides is 1. The molecule has 0 spiro atoms. The molecule has 2 heterocycles. The van der Waals surface area contributed by atoms with Crippen molar-refractivity contribution >= 4 is 29.3 Å². The Hall–Kier alpha value is -2.70. The molecule has 1 aliphatic heterocycles. The number of ether oxygens (including phenoxy) is 2. The fourth-order valence-corrected chi connectivity index (χ4v) is 4.66. The van der Waals surface area contributed by atoms with E-state index in [9.17, 15) is 4.79 Å². The average Bonchev–Trinajstić information content (AvgIpc) is 3.04. The molecule has 2 aromatic carbocycles. The molecular weight excluding hydrogens is 444 g/mol. The van der Waals surface area contributed by atoms with Crippen LogP contribution in [-0.4, -0.2) is 24.1 Å². The number of nitrogens with zero attached hydrogens (tertiary/aromatic N) is 1. The second-order valence-electron chi connectivity index (χ2n) is 7.84. The summed E-state index contributed by atoms with van der Waals surface area (Å²) in [6.07, 6.45) is 2.53. The monoisotopic (exact) mass is 468 g/mol. The molecule has 166 valence electrons. The first-order valence-corrected chi connectivity index (χ1v) is 11.8. The summed E-state index contributed by atoms with van der Waals surface area (Å²) >= 11 is 7.69. The van der Waals surface area contributed by atoms with E-state index in [-0.39, 0.29) is 17.9 Å². The van der Waals surface area contributed by atoms with Gasteiger partial charge in [0.1, 0.15) is 5.03 Å². The SMILES string of the molecule is CC(C)C(NC(=O)c1cccnc1Sc1ccccc1Cl)c1ccc2c(c1)OCCCO2. The molecule has 5 nitrogen and oxygen atoms in total. The zero-order valence-electron chi connectivity index (χ0n) is 18.0. The molecule has 0 saturated heterocycles. The van der Waals surface area contributed by atoms with E-state index in [0.29, 0.717) is 28.8 Å². The van der Waals surface area contributed by atoms with Crippen LogP contribution >= 0.6 is 23.4 Å². The van der Waals surface area contributed by atoms with Crippen molar-refractivity contribution in [3.63, 3.8) is 0 Å². The van der Waals surface area contributed by atoms with Crippen LogP contribution in [0, 0.1) is 5.92 Å². The molecule has 7 heteroatoms. The first-order chi connectivity index (χ1) is 15.5. The minimum absolute atomic E-state index is 0.167. The number of nitrogens with one attached hydrogen (secondary N) is 1. The molecule has 0 bridgehead atoms. The van der Waals surface area contributed by atoms with E-state index in [2.05, 4.69) is 24.1 Å². The highest BCUT2D eigenvalue weighted by Gasteiger charge is 2.23. The van der Waals surface area contributed by atoms with Crippen LogP contribution in [0.5, 0.6) is 11.5 Å². The van der Waals surface area contributed by atoms with Crippen LogP contribution < -0.4 is 14.8 Å². The topological polar surface area (TPSA) is 60.5 Å². The van der Waals surface area contributed by atoms with Gasteiger partial charge in [-0.15, -0.1) is 0 Å². The highest BCUT2D eigenvalue weighted by Crippen LogP contribution is 2.36. The third-order valence-corrected chi connectivity index (χ3v) is 6.68. The van der Waals surface area contributed by atoms with Crippen LogP contribution in [-0.2, 0) is 0 Å². The molecule has 4 rings (SSSR count). The Morgan fingerprint density at radius 1 is 1.06 bits per heavy atom. The number of hydrogen-bond acceptors (Lipinski definition) is 5. The Kier molecular flexibility index (Phi) is 7.22. The lowest BCUT2D eigenvalue weighted by molar-refractivity contribution is 0.0921. The molecule has 0 aliphatic carbocycles. The number of rotatable bonds is 6. The van der Waals surface area contributed by atoms with Crippen LogP contribution in [0.4, 0.5) is 0 Å². The van der Waals surface area contributed by atoms with Crippen LogP contribution in [0.1, 0.15) is 42.2 Å². The van der Waals surface area contributed by atoms with E-state index >= 15 is 0 Å². The van der Waals surface area contributed by atoms with Crippen molar-refractivity contribution < 1.29 is 14.3 Å². The molecule has 1 atom stereocenters. The van der Waals surface area contributed by atoms with E-state index in [4.69, 9.17) is 21.1 Å². The van der Waals surface area contributed by atoms with E-state index in [0.717, 1.165) is 28.4 Å². The second-order valence-corrected chi connectivity index (χ2v) is 9.28. The predicted molar refractivity (Wildman–Crippen MR) is 127 cm³/mol. The van der Waals surface area contributed by atoms with Crippen LogP contribution in [0.3, 0.4) is 0 Å². The molecular formula is C25H25ClN2O3S. The number of hydrogen-bond donors (Lipinski definition) is 1. The first-order valence-electron chi connectivity index (χ1n) is 10.6. The molecule has 3 aromatic rings. The summed E-state index contributed by atoms with van der Waals surface area (Å²) in [5.41, 5.74) is 1.49. The van der Waals surface area contributed by atoms with Gasteiger partial charge >= 0.3 is 0 Å². The summed E-state index contributed by atoms with van der Waals surface area (Å²) in [6, 6.07) is 16.8. The summed E-state index contributed by atoms with van der Waals surface area (Å²) in [5.74, 6) is 1.44. The van der Waals surface area contributed by atoms with Gasteiger partial charge < -0.3 is 14.8 Å². The van der Waals surface area contributed by atoms with Crippen molar-refractivity contribution in [1.82, 2.24) is 10.3 Å². The second kappa shape index (κ2) is 10.3. The molecule has 1 amide bonds. The quantitative estimate of drug-likeness (QED) is 0.468. The zero-order valence-corrected chi connectivity index (χ0v) is 19.6. The van der Waals surface area contributed by atoms with Gasteiger partial charge in [0.05, 0.1) is 29.8 Å². The number of carbonyl (C=O) groups excluding carboxylic acids is 1. The summed E-state index contributed by atoms with van der Waals surface area (Å²) in [6.45, 7) is 5.42.